The predicted octanol–water partition coefficient (Wildman–Crippen LogP) is 3.64. The van der Waals surface area contributed by atoms with Gasteiger partial charge in [0.15, 0.2) is 0 Å². The minimum absolute atomic E-state index is 0.259. The van der Waals surface area contributed by atoms with E-state index in [1.807, 2.05) is 30.3 Å². The van der Waals surface area contributed by atoms with Crippen LogP contribution in [0.2, 0.25) is 0 Å². The van der Waals surface area contributed by atoms with Crippen molar-refractivity contribution in [1.29, 1.82) is 0 Å². The lowest BCUT2D eigenvalue weighted by Gasteiger charge is -2.23. The number of benzene rings is 2. The SMILES string of the molecule is O=S(=O)(/C=C\c1ccccc1)N[C@H](c1ccc(F)cc1)[C@@H]1CCCO1. The van der Waals surface area contributed by atoms with Crippen LogP contribution in [0, 0.1) is 5.82 Å². The zero-order valence-corrected chi connectivity index (χ0v) is 14.5. The summed E-state index contributed by atoms with van der Waals surface area (Å²) in [5, 5.41) is 1.15. The summed E-state index contributed by atoms with van der Waals surface area (Å²) in [5.41, 5.74) is 1.48. The third-order valence-electron chi connectivity index (χ3n) is 4.10. The summed E-state index contributed by atoms with van der Waals surface area (Å²) in [6, 6.07) is 14.5. The van der Waals surface area contributed by atoms with Gasteiger partial charge in [0.1, 0.15) is 5.82 Å². The first-order valence-corrected chi connectivity index (χ1v) is 9.71. The first kappa shape index (κ1) is 17.8. The summed E-state index contributed by atoms with van der Waals surface area (Å²) in [6.07, 6.45) is 2.92. The summed E-state index contributed by atoms with van der Waals surface area (Å²) in [4.78, 5) is 0. The largest absolute Gasteiger partial charge is 0.376 e. The number of sulfonamides is 1. The van der Waals surface area contributed by atoms with Crippen LogP contribution >= 0.6 is 0 Å². The van der Waals surface area contributed by atoms with Crippen LogP contribution < -0.4 is 4.72 Å². The molecule has 0 aliphatic carbocycles. The van der Waals surface area contributed by atoms with Crippen molar-refractivity contribution in [2.45, 2.75) is 25.0 Å². The molecule has 0 aromatic heterocycles. The molecule has 2 atom stereocenters. The van der Waals surface area contributed by atoms with Crippen LogP contribution in [0.5, 0.6) is 0 Å². The van der Waals surface area contributed by atoms with Crippen LogP contribution in [0.15, 0.2) is 60.0 Å². The zero-order chi connectivity index (χ0) is 17.7. The summed E-state index contributed by atoms with van der Waals surface area (Å²) in [5.74, 6) is -0.360. The minimum Gasteiger partial charge on any atom is -0.376 e. The van der Waals surface area contributed by atoms with E-state index in [4.69, 9.17) is 4.74 Å². The molecule has 2 aromatic rings. The molecule has 0 radical (unpaired) electrons. The number of hydrogen-bond acceptors (Lipinski definition) is 3. The maximum Gasteiger partial charge on any atom is 0.234 e. The van der Waals surface area contributed by atoms with Crippen molar-refractivity contribution in [2.75, 3.05) is 6.61 Å². The van der Waals surface area contributed by atoms with E-state index in [2.05, 4.69) is 4.72 Å². The monoisotopic (exact) mass is 361 g/mol. The Bertz CT molecular complexity index is 814. The molecule has 0 unspecified atom stereocenters. The molecular formula is C19H20FNO3S. The van der Waals surface area contributed by atoms with Crippen LogP contribution in [0.4, 0.5) is 4.39 Å². The molecule has 1 fully saturated rings. The van der Waals surface area contributed by atoms with E-state index < -0.39 is 16.1 Å². The number of hydrogen-bond donors (Lipinski definition) is 1. The number of nitrogens with one attached hydrogen (secondary N) is 1. The maximum atomic E-state index is 13.2. The highest BCUT2D eigenvalue weighted by molar-refractivity contribution is 7.92. The van der Waals surface area contributed by atoms with Crippen LogP contribution in [0.3, 0.4) is 0 Å². The second kappa shape index (κ2) is 7.91. The van der Waals surface area contributed by atoms with E-state index in [0.717, 1.165) is 23.8 Å². The van der Waals surface area contributed by atoms with Gasteiger partial charge in [-0.15, -0.1) is 0 Å². The van der Waals surface area contributed by atoms with Gasteiger partial charge in [-0.05, 0) is 42.2 Å². The van der Waals surface area contributed by atoms with Crippen molar-refractivity contribution < 1.29 is 17.5 Å². The average Bonchev–Trinajstić information content (AvgIpc) is 3.14. The second-order valence-corrected chi connectivity index (χ2v) is 7.55. The number of rotatable bonds is 6. The van der Waals surface area contributed by atoms with E-state index in [-0.39, 0.29) is 11.9 Å². The Balaban J connectivity index is 1.81. The molecule has 1 aliphatic rings. The second-order valence-electron chi connectivity index (χ2n) is 5.96. The minimum atomic E-state index is -3.68. The van der Waals surface area contributed by atoms with Crippen molar-refractivity contribution in [3.05, 3.63) is 76.9 Å². The fraction of sp³-hybridized carbons (Fsp3) is 0.263. The lowest BCUT2D eigenvalue weighted by molar-refractivity contribution is 0.0853. The maximum absolute atomic E-state index is 13.2. The zero-order valence-electron chi connectivity index (χ0n) is 13.6. The third kappa shape index (κ3) is 4.98. The van der Waals surface area contributed by atoms with Gasteiger partial charge in [0, 0.05) is 12.0 Å². The Morgan fingerprint density at radius 3 is 2.48 bits per heavy atom. The van der Waals surface area contributed by atoms with Crippen LogP contribution in [-0.4, -0.2) is 21.1 Å². The average molecular weight is 361 g/mol. The molecule has 4 nitrogen and oxygen atoms in total. The summed E-state index contributed by atoms with van der Waals surface area (Å²) < 4.78 is 46.5. The van der Waals surface area contributed by atoms with Gasteiger partial charge in [0.25, 0.3) is 0 Å². The molecule has 6 heteroatoms. The van der Waals surface area contributed by atoms with Gasteiger partial charge in [-0.3, -0.25) is 0 Å². The normalized spacial score (nSPS) is 19.3. The Hall–Kier alpha value is -2.02. The van der Waals surface area contributed by atoms with Gasteiger partial charge in [-0.25, -0.2) is 17.5 Å². The van der Waals surface area contributed by atoms with Crippen molar-refractivity contribution >= 4 is 16.1 Å². The van der Waals surface area contributed by atoms with Gasteiger partial charge in [0.05, 0.1) is 12.1 Å². The van der Waals surface area contributed by atoms with E-state index in [0.29, 0.717) is 12.2 Å². The lowest BCUT2D eigenvalue weighted by atomic mass is 10.0. The van der Waals surface area contributed by atoms with Gasteiger partial charge in [0.2, 0.25) is 10.0 Å². The van der Waals surface area contributed by atoms with E-state index >= 15 is 0 Å². The summed E-state index contributed by atoms with van der Waals surface area (Å²) >= 11 is 0. The van der Waals surface area contributed by atoms with Crippen molar-refractivity contribution in [2.24, 2.45) is 0 Å². The van der Waals surface area contributed by atoms with Gasteiger partial charge >= 0.3 is 0 Å². The molecule has 0 bridgehead atoms. The molecule has 25 heavy (non-hydrogen) atoms. The third-order valence-corrected chi connectivity index (χ3v) is 5.17. The molecule has 3 rings (SSSR count). The van der Waals surface area contributed by atoms with Crippen LogP contribution in [-0.2, 0) is 14.8 Å². The number of ether oxygens (including phenoxy) is 1. The molecule has 1 saturated heterocycles. The van der Waals surface area contributed by atoms with E-state index in [1.54, 1.807) is 18.2 Å². The molecule has 1 heterocycles. The molecular weight excluding hydrogens is 341 g/mol. The Morgan fingerprint density at radius 1 is 1.12 bits per heavy atom. The predicted molar refractivity (Wildman–Crippen MR) is 95.6 cm³/mol. The van der Waals surface area contributed by atoms with E-state index in [9.17, 15) is 12.8 Å². The van der Waals surface area contributed by atoms with Crippen molar-refractivity contribution in [3.63, 3.8) is 0 Å². The molecule has 132 valence electrons. The van der Waals surface area contributed by atoms with Gasteiger partial charge in [-0.1, -0.05) is 42.5 Å². The molecule has 0 amide bonds. The summed E-state index contributed by atoms with van der Waals surface area (Å²) in [6.45, 7) is 0.601. The molecule has 0 saturated carbocycles. The Labute approximate surface area is 147 Å². The van der Waals surface area contributed by atoms with Crippen LogP contribution in [0.25, 0.3) is 6.08 Å². The molecule has 0 spiro atoms. The highest BCUT2D eigenvalue weighted by Crippen LogP contribution is 2.28. The highest BCUT2D eigenvalue weighted by atomic mass is 32.2. The Morgan fingerprint density at radius 2 is 1.84 bits per heavy atom. The highest BCUT2D eigenvalue weighted by Gasteiger charge is 2.30. The smallest absolute Gasteiger partial charge is 0.234 e. The first-order valence-electron chi connectivity index (χ1n) is 8.16. The van der Waals surface area contributed by atoms with Gasteiger partial charge in [-0.2, -0.15) is 0 Å². The molecule has 1 aliphatic heterocycles. The van der Waals surface area contributed by atoms with Crippen molar-refractivity contribution in [3.8, 4) is 0 Å². The molecule has 1 N–H and O–H groups in total. The standard InChI is InChI=1S/C19H20FNO3S/c20-17-10-8-16(9-11-17)19(18-7-4-13-24-18)21-25(22,23)14-12-15-5-2-1-3-6-15/h1-3,5-6,8-12,14,18-19,21H,4,7,13H2/b14-12-/t18-,19+/m0/s1. The summed E-state index contributed by atoms with van der Waals surface area (Å²) in [7, 11) is -3.68. The first-order chi connectivity index (χ1) is 12.0. The van der Waals surface area contributed by atoms with Gasteiger partial charge < -0.3 is 4.74 Å². The van der Waals surface area contributed by atoms with Crippen molar-refractivity contribution in [1.82, 2.24) is 4.72 Å². The fourth-order valence-electron chi connectivity index (χ4n) is 2.84. The molecule has 2 aromatic carbocycles. The quantitative estimate of drug-likeness (QED) is 0.855. The fourth-order valence-corrected chi connectivity index (χ4v) is 3.90. The van der Waals surface area contributed by atoms with Crippen LogP contribution in [0.1, 0.15) is 30.0 Å². The topological polar surface area (TPSA) is 55.4 Å². The van der Waals surface area contributed by atoms with E-state index in [1.165, 1.54) is 12.1 Å². The number of halogens is 1. The lowest BCUT2D eigenvalue weighted by Crippen LogP contribution is -2.35. The Kier molecular flexibility index (Phi) is 5.63.